The second-order valence-corrected chi connectivity index (χ2v) is 5.44. The summed E-state index contributed by atoms with van der Waals surface area (Å²) in [5, 5.41) is 12.1. The Balaban J connectivity index is 2.81. The van der Waals surface area contributed by atoms with Gasteiger partial charge in [0.15, 0.2) is 0 Å². The van der Waals surface area contributed by atoms with Crippen LogP contribution >= 0.6 is 23.2 Å². The van der Waals surface area contributed by atoms with Gasteiger partial charge in [-0.2, -0.15) is 0 Å². The summed E-state index contributed by atoms with van der Waals surface area (Å²) in [6.07, 6.45) is 0.363. The summed E-state index contributed by atoms with van der Waals surface area (Å²) in [7, 11) is 0. The Bertz CT molecular complexity index is 489. The van der Waals surface area contributed by atoms with E-state index in [0.717, 1.165) is 0 Å². The summed E-state index contributed by atoms with van der Waals surface area (Å²) in [6, 6.07) is 3.49. The van der Waals surface area contributed by atoms with E-state index in [1.54, 1.807) is 0 Å². The van der Waals surface area contributed by atoms with Gasteiger partial charge in [0.05, 0.1) is 10.0 Å². The molecule has 0 bridgehead atoms. The number of carbonyl (C=O) groups excluding carboxylic acids is 1. The number of halogens is 2. The van der Waals surface area contributed by atoms with Crippen molar-refractivity contribution in [2.24, 2.45) is 5.92 Å². The Kier molecular flexibility index (Phi) is 5.63. The van der Waals surface area contributed by atoms with Crippen LogP contribution in [0.4, 0.5) is 0 Å². The van der Waals surface area contributed by atoms with E-state index in [2.05, 4.69) is 5.32 Å². The molecule has 0 aliphatic rings. The Morgan fingerprint density at radius 3 is 2.37 bits per heavy atom. The summed E-state index contributed by atoms with van der Waals surface area (Å²) in [5.74, 6) is -1.37. The Morgan fingerprint density at radius 1 is 1.26 bits per heavy atom. The summed E-state index contributed by atoms with van der Waals surface area (Å²) in [6.45, 7) is 3.78. The third-order valence-corrected chi connectivity index (χ3v) is 3.23. The third kappa shape index (κ3) is 4.73. The zero-order valence-electron chi connectivity index (χ0n) is 10.6. The molecule has 0 saturated carbocycles. The molecule has 1 atom stereocenters. The molecule has 0 unspecified atom stereocenters. The van der Waals surface area contributed by atoms with Gasteiger partial charge in [0.2, 0.25) is 0 Å². The van der Waals surface area contributed by atoms with Crippen molar-refractivity contribution in [1.82, 2.24) is 5.32 Å². The number of aliphatic carboxylic acids is 1. The van der Waals surface area contributed by atoms with Crippen LogP contribution in [0.25, 0.3) is 0 Å². The molecule has 0 aromatic heterocycles. The highest BCUT2D eigenvalue weighted by Crippen LogP contribution is 2.22. The molecule has 1 amide bonds. The van der Waals surface area contributed by atoms with Gasteiger partial charge in [0.1, 0.15) is 6.04 Å². The molecule has 0 radical (unpaired) electrons. The molecule has 1 rings (SSSR count). The van der Waals surface area contributed by atoms with Gasteiger partial charge in [0, 0.05) is 5.56 Å². The minimum atomic E-state index is -1.05. The number of hydrogen-bond acceptors (Lipinski definition) is 2. The van der Waals surface area contributed by atoms with Gasteiger partial charge in [-0.05, 0) is 30.5 Å². The number of benzene rings is 1. The van der Waals surface area contributed by atoms with E-state index in [-0.39, 0.29) is 16.5 Å². The average Bonchev–Trinajstić information content (AvgIpc) is 2.31. The molecule has 104 valence electrons. The van der Waals surface area contributed by atoms with Crippen molar-refractivity contribution in [2.45, 2.75) is 26.3 Å². The van der Waals surface area contributed by atoms with E-state index in [0.29, 0.717) is 11.4 Å². The standard InChI is InChI=1S/C13H15Cl2NO3/c1-7(2)5-11(13(18)19)16-12(17)8-3-4-9(14)10(15)6-8/h3-4,6-7,11H,5H2,1-2H3,(H,16,17)(H,18,19)/t11-/m1/s1. The molecule has 0 aliphatic heterocycles. The molecule has 2 N–H and O–H groups in total. The molecule has 4 nitrogen and oxygen atoms in total. The second-order valence-electron chi connectivity index (χ2n) is 4.62. The number of nitrogens with one attached hydrogen (secondary N) is 1. The molecule has 0 saturated heterocycles. The highest BCUT2D eigenvalue weighted by molar-refractivity contribution is 6.42. The van der Waals surface area contributed by atoms with Crippen LogP contribution in [-0.2, 0) is 4.79 Å². The number of carboxylic acid groups (broad SMARTS) is 1. The summed E-state index contributed by atoms with van der Waals surface area (Å²) in [5.41, 5.74) is 0.282. The first-order chi connectivity index (χ1) is 8.81. The van der Waals surface area contributed by atoms with Crippen molar-refractivity contribution in [2.75, 3.05) is 0 Å². The molecule has 1 aromatic rings. The first-order valence-corrected chi connectivity index (χ1v) is 6.55. The first-order valence-electron chi connectivity index (χ1n) is 5.80. The van der Waals surface area contributed by atoms with Gasteiger partial charge in [-0.25, -0.2) is 4.79 Å². The highest BCUT2D eigenvalue weighted by Gasteiger charge is 2.21. The lowest BCUT2D eigenvalue weighted by molar-refractivity contribution is -0.139. The fraction of sp³-hybridized carbons (Fsp3) is 0.385. The van der Waals surface area contributed by atoms with Gasteiger partial charge in [0.25, 0.3) is 5.91 Å². The van der Waals surface area contributed by atoms with Crippen LogP contribution in [0.2, 0.25) is 10.0 Å². The van der Waals surface area contributed by atoms with Crippen LogP contribution in [-0.4, -0.2) is 23.0 Å². The zero-order chi connectivity index (χ0) is 14.6. The number of amides is 1. The van der Waals surface area contributed by atoms with Gasteiger partial charge in [-0.3, -0.25) is 4.79 Å². The van der Waals surface area contributed by atoms with E-state index in [9.17, 15) is 9.59 Å². The van der Waals surface area contributed by atoms with Crippen molar-refractivity contribution in [1.29, 1.82) is 0 Å². The lowest BCUT2D eigenvalue weighted by Crippen LogP contribution is -2.41. The fourth-order valence-electron chi connectivity index (χ4n) is 1.57. The van der Waals surface area contributed by atoms with Crippen LogP contribution < -0.4 is 5.32 Å². The Morgan fingerprint density at radius 2 is 1.89 bits per heavy atom. The van der Waals surface area contributed by atoms with Crippen molar-refractivity contribution in [3.63, 3.8) is 0 Å². The average molecular weight is 304 g/mol. The molecule has 6 heteroatoms. The molecule has 0 heterocycles. The first kappa shape index (κ1) is 15.8. The zero-order valence-corrected chi connectivity index (χ0v) is 12.1. The van der Waals surface area contributed by atoms with Crippen molar-refractivity contribution in [3.8, 4) is 0 Å². The SMILES string of the molecule is CC(C)C[C@@H](NC(=O)c1ccc(Cl)c(Cl)c1)C(=O)O. The van der Waals surface area contributed by atoms with Gasteiger partial charge >= 0.3 is 5.97 Å². The molecular formula is C13H15Cl2NO3. The highest BCUT2D eigenvalue weighted by atomic mass is 35.5. The summed E-state index contributed by atoms with van der Waals surface area (Å²) in [4.78, 5) is 23.0. The fourth-order valence-corrected chi connectivity index (χ4v) is 1.87. The normalized spacial score (nSPS) is 12.3. The maximum Gasteiger partial charge on any atom is 0.326 e. The van der Waals surface area contributed by atoms with Gasteiger partial charge in [-0.15, -0.1) is 0 Å². The third-order valence-electron chi connectivity index (χ3n) is 2.49. The summed E-state index contributed by atoms with van der Waals surface area (Å²) >= 11 is 11.6. The topological polar surface area (TPSA) is 66.4 Å². The van der Waals surface area contributed by atoms with E-state index >= 15 is 0 Å². The molecular weight excluding hydrogens is 289 g/mol. The maximum atomic E-state index is 11.9. The van der Waals surface area contributed by atoms with E-state index < -0.39 is 17.9 Å². The number of carbonyl (C=O) groups is 2. The van der Waals surface area contributed by atoms with Crippen LogP contribution in [0.5, 0.6) is 0 Å². The molecule has 0 fully saturated rings. The van der Waals surface area contributed by atoms with Crippen LogP contribution in [0, 0.1) is 5.92 Å². The predicted octanol–water partition coefficient (Wildman–Crippen LogP) is 3.22. The monoisotopic (exact) mass is 303 g/mol. The number of rotatable bonds is 5. The van der Waals surface area contributed by atoms with Gasteiger partial charge in [-0.1, -0.05) is 37.0 Å². The van der Waals surface area contributed by atoms with Crippen LogP contribution in [0.15, 0.2) is 18.2 Å². The minimum Gasteiger partial charge on any atom is -0.480 e. The van der Waals surface area contributed by atoms with Crippen molar-refractivity contribution in [3.05, 3.63) is 33.8 Å². The van der Waals surface area contributed by atoms with Crippen molar-refractivity contribution >= 4 is 35.1 Å². The number of carboxylic acids is 1. The lowest BCUT2D eigenvalue weighted by atomic mass is 10.0. The van der Waals surface area contributed by atoms with Crippen LogP contribution in [0.3, 0.4) is 0 Å². The predicted molar refractivity (Wildman–Crippen MR) is 74.8 cm³/mol. The number of hydrogen-bond donors (Lipinski definition) is 2. The molecule has 0 spiro atoms. The second kappa shape index (κ2) is 6.78. The van der Waals surface area contributed by atoms with Crippen LogP contribution in [0.1, 0.15) is 30.6 Å². The van der Waals surface area contributed by atoms with Crippen molar-refractivity contribution < 1.29 is 14.7 Å². The van der Waals surface area contributed by atoms with E-state index in [4.69, 9.17) is 28.3 Å². The van der Waals surface area contributed by atoms with Gasteiger partial charge < -0.3 is 10.4 Å². The minimum absolute atomic E-state index is 0.162. The summed E-state index contributed by atoms with van der Waals surface area (Å²) < 4.78 is 0. The van der Waals surface area contributed by atoms with E-state index in [1.165, 1.54) is 18.2 Å². The van der Waals surface area contributed by atoms with E-state index in [1.807, 2.05) is 13.8 Å². The smallest absolute Gasteiger partial charge is 0.326 e. The lowest BCUT2D eigenvalue weighted by Gasteiger charge is -2.16. The maximum absolute atomic E-state index is 11.9. The molecule has 1 aromatic carbocycles. The quantitative estimate of drug-likeness (QED) is 0.877. The largest absolute Gasteiger partial charge is 0.480 e. The Labute approximate surface area is 121 Å². The molecule has 19 heavy (non-hydrogen) atoms. The Hall–Kier alpha value is -1.26. The molecule has 0 aliphatic carbocycles.